The lowest BCUT2D eigenvalue weighted by Gasteiger charge is -2.10. The van der Waals surface area contributed by atoms with E-state index in [9.17, 15) is 0 Å². The minimum Gasteiger partial charge on any atom is -0.304 e. The Bertz CT molecular complexity index is 439. The summed E-state index contributed by atoms with van der Waals surface area (Å²) in [5.74, 6) is 0. The van der Waals surface area contributed by atoms with E-state index >= 15 is 0 Å². The van der Waals surface area contributed by atoms with E-state index in [1.807, 2.05) is 24.0 Å². The van der Waals surface area contributed by atoms with Gasteiger partial charge < -0.3 is 5.32 Å². The molecule has 0 aliphatic carbocycles. The maximum absolute atomic E-state index is 4.29. The van der Waals surface area contributed by atoms with Crippen LogP contribution in [0.4, 0.5) is 0 Å². The zero-order valence-corrected chi connectivity index (χ0v) is 10.3. The van der Waals surface area contributed by atoms with Crippen molar-refractivity contribution in [2.75, 3.05) is 0 Å². The molecule has 0 aromatic carbocycles. The fraction of sp³-hybridized carbons (Fsp3) is 0.333. The van der Waals surface area contributed by atoms with Gasteiger partial charge in [-0.2, -0.15) is 0 Å². The molecular weight excluding hydrogens is 218 g/mol. The average Bonchev–Trinajstić information content (AvgIpc) is 2.79. The van der Waals surface area contributed by atoms with Crippen LogP contribution in [0, 0.1) is 6.92 Å². The van der Waals surface area contributed by atoms with Crippen molar-refractivity contribution in [1.29, 1.82) is 0 Å². The molecule has 1 N–H and O–H groups in total. The fourth-order valence-corrected chi connectivity index (χ4v) is 2.19. The second-order valence-electron chi connectivity index (χ2n) is 3.84. The molecule has 1 unspecified atom stereocenters. The van der Waals surface area contributed by atoms with Crippen LogP contribution in [0.1, 0.15) is 29.1 Å². The third-order valence-corrected chi connectivity index (χ3v) is 3.32. The molecule has 2 aromatic heterocycles. The van der Waals surface area contributed by atoms with Crippen LogP contribution in [0.5, 0.6) is 0 Å². The lowest BCUT2D eigenvalue weighted by atomic mass is 10.2. The summed E-state index contributed by atoms with van der Waals surface area (Å²) in [5.41, 5.74) is 2.41. The number of nitrogens with zero attached hydrogens (tertiary/aromatic N) is 2. The minimum atomic E-state index is 0.292. The number of rotatable bonds is 4. The molecule has 0 bridgehead atoms. The van der Waals surface area contributed by atoms with Crippen LogP contribution in [0.3, 0.4) is 0 Å². The van der Waals surface area contributed by atoms with Gasteiger partial charge in [0.1, 0.15) is 5.01 Å². The molecule has 1 atom stereocenters. The molecule has 2 rings (SSSR count). The van der Waals surface area contributed by atoms with Crippen molar-refractivity contribution in [3.05, 3.63) is 46.2 Å². The highest BCUT2D eigenvalue weighted by Gasteiger charge is 2.06. The van der Waals surface area contributed by atoms with Gasteiger partial charge in [-0.25, -0.2) is 4.98 Å². The maximum Gasteiger partial charge on any atom is 0.109 e. The van der Waals surface area contributed by atoms with Crippen LogP contribution in [0.25, 0.3) is 0 Å². The Morgan fingerprint density at radius 3 is 3.00 bits per heavy atom. The van der Waals surface area contributed by atoms with Crippen LogP contribution in [0.2, 0.25) is 0 Å². The Morgan fingerprint density at radius 1 is 1.44 bits per heavy atom. The lowest BCUT2D eigenvalue weighted by molar-refractivity contribution is 0.571. The van der Waals surface area contributed by atoms with Gasteiger partial charge in [-0.1, -0.05) is 6.07 Å². The first-order valence-electron chi connectivity index (χ1n) is 5.29. The van der Waals surface area contributed by atoms with E-state index in [-0.39, 0.29) is 0 Å². The van der Waals surface area contributed by atoms with Gasteiger partial charge in [0.2, 0.25) is 0 Å². The summed E-state index contributed by atoms with van der Waals surface area (Å²) in [5, 5.41) is 6.56. The highest BCUT2D eigenvalue weighted by molar-refractivity contribution is 7.09. The summed E-state index contributed by atoms with van der Waals surface area (Å²) in [7, 11) is 0. The van der Waals surface area contributed by atoms with E-state index in [0.717, 1.165) is 11.6 Å². The van der Waals surface area contributed by atoms with Crippen molar-refractivity contribution in [1.82, 2.24) is 15.3 Å². The van der Waals surface area contributed by atoms with Crippen LogP contribution in [-0.2, 0) is 6.54 Å². The van der Waals surface area contributed by atoms with Gasteiger partial charge in [0.25, 0.3) is 0 Å². The number of hydrogen-bond acceptors (Lipinski definition) is 4. The second-order valence-corrected chi connectivity index (χ2v) is 4.77. The number of nitrogens with one attached hydrogen (secondary N) is 1. The number of pyridine rings is 1. The molecule has 0 radical (unpaired) electrons. The second kappa shape index (κ2) is 5.18. The number of thiazole rings is 1. The van der Waals surface area contributed by atoms with Crippen molar-refractivity contribution in [2.45, 2.75) is 26.4 Å². The van der Waals surface area contributed by atoms with Gasteiger partial charge >= 0.3 is 0 Å². The molecule has 0 aliphatic heterocycles. The summed E-state index contributed by atoms with van der Waals surface area (Å²) in [6.07, 6.45) is 5.61. The third-order valence-electron chi connectivity index (χ3n) is 2.37. The SMILES string of the molecule is Cc1cncc(CNC(C)c2nccs2)c1. The first-order chi connectivity index (χ1) is 7.75. The highest BCUT2D eigenvalue weighted by Crippen LogP contribution is 2.15. The zero-order chi connectivity index (χ0) is 11.4. The van der Waals surface area contributed by atoms with Crippen molar-refractivity contribution < 1.29 is 0 Å². The zero-order valence-electron chi connectivity index (χ0n) is 9.47. The lowest BCUT2D eigenvalue weighted by Crippen LogP contribution is -2.18. The molecule has 0 saturated heterocycles. The van der Waals surface area contributed by atoms with Crippen LogP contribution >= 0.6 is 11.3 Å². The molecular formula is C12H15N3S. The number of aromatic nitrogens is 2. The number of hydrogen-bond donors (Lipinski definition) is 1. The van der Waals surface area contributed by atoms with Crippen molar-refractivity contribution in [3.63, 3.8) is 0 Å². The first kappa shape index (κ1) is 11.2. The minimum absolute atomic E-state index is 0.292. The molecule has 2 aromatic rings. The van der Waals surface area contributed by atoms with Crippen LogP contribution in [-0.4, -0.2) is 9.97 Å². The third kappa shape index (κ3) is 2.87. The molecule has 2 heterocycles. The van der Waals surface area contributed by atoms with Crippen molar-refractivity contribution in [3.8, 4) is 0 Å². The van der Waals surface area contributed by atoms with E-state index in [4.69, 9.17) is 0 Å². The van der Waals surface area contributed by atoms with E-state index in [0.29, 0.717) is 6.04 Å². The van der Waals surface area contributed by atoms with Gasteiger partial charge in [0.05, 0.1) is 6.04 Å². The summed E-state index contributed by atoms with van der Waals surface area (Å²) in [6.45, 7) is 5.01. The Hall–Kier alpha value is -1.26. The fourth-order valence-electron chi connectivity index (χ4n) is 1.52. The molecule has 4 heteroatoms. The Morgan fingerprint density at radius 2 is 2.31 bits per heavy atom. The molecule has 3 nitrogen and oxygen atoms in total. The molecule has 0 saturated carbocycles. The average molecular weight is 233 g/mol. The molecule has 84 valence electrons. The largest absolute Gasteiger partial charge is 0.304 e. The predicted octanol–water partition coefficient (Wildman–Crippen LogP) is 2.70. The molecule has 0 fully saturated rings. The maximum atomic E-state index is 4.29. The summed E-state index contributed by atoms with van der Waals surface area (Å²) in [6, 6.07) is 2.44. The summed E-state index contributed by atoms with van der Waals surface area (Å²) >= 11 is 1.68. The molecule has 0 amide bonds. The normalized spacial score (nSPS) is 12.6. The van der Waals surface area contributed by atoms with Gasteiger partial charge in [-0.15, -0.1) is 11.3 Å². The van der Waals surface area contributed by atoms with E-state index < -0.39 is 0 Å². The van der Waals surface area contributed by atoms with Crippen molar-refractivity contribution in [2.24, 2.45) is 0 Å². The van der Waals surface area contributed by atoms with E-state index in [1.54, 1.807) is 11.3 Å². The topological polar surface area (TPSA) is 37.8 Å². The predicted molar refractivity (Wildman–Crippen MR) is 66.3 cm³/mol. The van der Waals surface area contributed by atoms with Crippen LogP contribution < -0.4 is 5.32 Å². The monoisotopic (exact) mass is 233 g/mol. The van der Waals surface area contributed by atoms with E-state index in [2.05, 4.69) is 35.2 Å². The van der Waals surface area contributed by atoms with Gasteiger partial charge in [0.15, 0.2) is 0 Å². The Balaban J connectivity index is 1.92. The highest BCUT2D eigenvalue weighted by atomic mass is 32.1. The standard InChI is InChI=1S/C12H15N3S/c1-9-5-11(7-13-6-9)8-15-10(2)12-14-3-4-16-12/h3-7,10,15H,8H2,1-2H3. The Labute approximate surface area is 99.6 Å². The molecule has 16 heavy (non-hydrogen) atoms. The van der Waals surface area contributed by atoms with E-state index in [1.165, 1.54) is 11.1 Å². The number of aryl methyl sites for hydroxylation is 1. The van der Waals surface area contributed by atoms with Gasteiger partial charge in [0, 0.05) is 30.5 Å². The first-order valence-corrected chi connectivity index (χ1v) is 6.17. The van der Waals surface area contributed by atoms with Crippen LogP contribution in [0.15, 0.2) is 30.0 Å². The Kier molecular flexibility index (Phi) is 3.64. The van der Waals surface area contributed by atoms with Gasteiger partial charge in [-0.05, 0) is 25.0 Å². The van der Waals surface area contributed by atoms with Crippen molar-refractivity contribution >= 4 is 11.3 Å². The quantitative estimate of drug-likeness (QED) is 0.882. The van der Waals surface area contributed by atoms with Gasteiger partial charge in [-0.3, -0.25) is 4.98 Å². The summed E-state index contributed by atoms with van der Waals surface area (Å²) in [4.78, 5) is 8.46. The molecule has 0 aliphatic rings. The smallest absolute Gasteiger partial charge is 0.109 e. The molecule has 0 spiro atoms. The summed E-state index contributed by atoms with van der Waals surface area (Å²) < 4.78 is 0.